The van der Waals surface area contributed by atoms with Crippen molar-refractivity contribution in [2.45, 2.75) is 32.5 Å². The molecule has 0 bridgehead atoms. The van der Waals surface area contributed by atoms with Crippen molar-refractivity contribution >= 4 is 11.8 Å². The Morgan fingerprint density at radius 1 is 1.12 bits per heavy atom. The van der Waals surface area contributed by atoms with Gasteiger partial charge in [0, 0.05) is 24.2 Å². The Bertz CT molecular complexity index is 1170. The third-order valence-corrected chi connectivity index (χ3v) is 6.12. The SMILES string of the molecule is CCN1C(=O)c2cc(-c3ccc(OC)cc3)nn2C[C@@]1(C)C(=O)NCc1ccccc1OC. The van der Waals surface area contributed by atoms with Crippen LogP contribution in [0.15, 0.2) is 54.6 Å². The van der Waals surface area contributed by atoms with E-state index in [-0.39, 0.29) is 18.4 Å². The van der Waals surface area contributed by atoms with Gasteiger partial charge in [0.1, 0.15) is 22.7 Å². The molecule has 2 aromatic carbocycles. The summed E-state index contributed by atoms with van der Waals surface area (Å²) in [4.78, 5) is 28.3. The topological polar surface area (TPSA) is 85.7 Å². The van der Waals surface area contributed by atoms with Gasteiger partial charge in [-0.3, -0.25) is 14.3 Å². The lowest BCUT2D eigenvalue weighted by molar-refractivity contribution is -0.133. The number of carbonyl (C=O) groups is 2. The van der Waals surface area contributed by atoms with E-state index in [1.165, 1.54) is 0 Å². The van der Waals surface area contributed by atoms with Crippen LogP contribution in [0.4, 0.5) is 0 Å². The minimum absolute atomic E-state index is 0.217. The van der Waals surface area contributed by atoms with Crippen LogP contribution in [0, 0.1) is 0 Å². The van der Waals surface area contributed by atoms with Crippen LogP contribution in [0.3, 0.4) is 0 Å². The normalized spacial score (nSPS) is 17.5. The Kier molecular flexibility index (Phi) is 6.09. The molecular weight excluding hydrogens is 420 g/mol. The molecule has 0 saturated carbocycles. The molecule has 0 unspecified atom stereocenters. The summed E-state index contributed by atoms with van der Waals surface area (Å²) < 4.78 is 12.2. The number of hydrogen-bond acceptors (Lipinski definition) is 5. The van der Waals surface area contributed by atoms with Crippen molar-refractivity contribution < 1.29 is 19.1 Å². The van der Waals surface area contributed by atoms with E-state index in [1.807, 2.05) is 55.5 Å². The highest BCUT2D eigenvalue weighted by atomic mass is 16.5. The van der Waals surface area contributed by atoms with Crippen LogP contribution in [0.25, 0.3) is 11.3 Å². The number of likely N-dealkylation sites (N-methyl/N-ethyl adjacent to an activating group) is 1. The summed E-state index contributed by atoms with van der Waals surface area (Å²) in [5.41, 5.74) is 1.80. The number of carbonyl (C=O) groups excluding carboxylic acids is 2. The molecule has 3 aromatic rings. The van der Waals surface area contributed by atoms with Gasteiger partial charge in [0.2, 0.25) is 5.91 Å². The molecule has 1 N–H and O–H groups in total. The highest BCUT2D eigenvalue weighted by molar-refractivity contribution is 6.00. The molecule has 4 rings (SSSR count). The lowest BCUT2D eigenvalue weighted by Gasteiger charge is -2.42. The first-order chi connectivity index (χ1) is 15.9. The Morgan fingerprint density at radius 2 is 1.85 bits per heavy atom. The zero-order chi connectivity index (χ0) is 23.6. The summed E-state index contributed by atoms with van der Waals surface area (Å²) in [6, 6.07) is 16.8. The van der Waals surface area contributed by atoms with Gasteiger partial charge in [-0.1, -0.05) is 18.2 Å². The summed E-state index contributed by atoms with van der Waals surface area (Å²) in [7, 11) is 3.21. The number of benzene rings is 2. The number of nitrogens with zero attached hydrogens (tertiary/aromatic N) is 3. The first-order valence-electron chi connectivity index (χ1n) is 10.9. The average molecular weight is 449 g/mol. The summed E-state index contributed by atoms with van der Waals surface area (Å²) in [6.07, 6.45) is 0. The first-order valence-corrected chi connectivity index (χ1v) is 10.9. The van der Waals surface area contributed by atoms with E-state index in [9.17, 15) is 9.59 Å². The highest BCUT2D eigenvalue weighted by Gasteiger charge is 2.47. The predicted octanol–water partition coefficient (Wildman–Crippen LogP) is 3.12. The van der Waals surface area contributed by atoms with Gasteiger partial charge in [-0.2, -0.15) is 5.10 Å². The van der Waals surface area contributed by atoms with Crippen molar-refractivity contribution in [3.8, 4) is 22.8 Å². The zero-order valence-corrected chi connectivity index (χ0v) is 19.3. The summed E-state index contributed by atoms with van der Waals surface area (Å²) in [6.45, 7) is 4.62. The van der Waals surface area contributed by atoms with Gasteiger partial charge < -0.3 is 19.7 Å². The summed E-state index contributed by atoms with van der Waals surface area (Å²) >= 11 is 0. The quantitative estimate of drug-likeness (QED) is 0.600. The molecule has 1 atom stereocenters. The van der Waals surface area contributed by atoms with Crippen LogP contribution in [0.2, 0.25) is 0 Å². The van der Waals surface area contributed by atoms with Gasteiger partial charge in [0.25, 0.3) is 5.91 Å². The van der Waals surface area contributed by atoms with Crippen LogP contribution in [0.5, 0.6) is 11.5 Å². The number of fused-ring (bicyclic) bond motifs is 1. The Morgan fingerprint density at radius 3 is 2.52 bits per heavy atom. The van der Waals surface area contributed by atoms with Gasteiger partial charge in [0.15, 0.2) is 0 Å². The van der Waals surface area contributed by atoms with Gasteiger partial charge in [-0.05, 0) is 50.2 Å². The van der Waals surface area contributed by atoms with Gasteiger partial charge in [-0.15, -0.1) is 0 Å². The van der Waals surface area contributed by atoms with Crippen LogP contribution in [0.1, 0.15) is 29.9 Å². The molecule has 1 aromatic heterocycles. The molecule has 8 heteroatoms. The van der Waals surface area contributed by atoms with Crippen molar-refractivity contribution in [2.75, 3.05) is 20.8 Å². The number of rotatable bonds is 7. The monoisotopic (exact) mass is 448 g/mol. The maximum absolute atomic E-state index is 13.4. The molecule has 172 valence electrons. The number of ether oxygens (including phenoxy) is 2. The standard InChI is InChI=1S/C25H28N4O4/c1-5-28-23(30)21-14-20(17-10-12-19(32-3)13-11-17)27-29(21)16-25(28,2)24(31)26-15-18-8-6-7-9-22(18)33-4/h6-14H,5,15-16H2,1-4H3,(H,26,31)/t25-/m0/s1. The minimum atomic E-state index is -1.08. The molecule has 1 aliphatic rings. The summed E-state index contributed by atoms with van der Waals surface area (Å²) in [5.74, 6) is 0.991. The van der Waals surface area contributed by atoms with Crippen molar-refractivity contribution in [3.05, 3.63) is 65.9 Å². The fraction of sp³-hybridized carbons (Fsp3) is 0.320. The zero-order valence-electron chi connectivity index (χ0n) is 19.3. The lowest BCUT2D eigenvalue weighted by atomic mass is 9.95. The molecule has 0 saturated heterocycles. The van der Waals surface area contributed by atoms with Gasteiger partial charge in [0.05, 0.1) is 26.5 Å². The Labute approximate surface area is 193 Å². The fourth-order valence-electron chi connectivity index (χ4n) is 4.25. The molecule has 0 fully saturated rings. The van der Waals surface area contributed by atoms with Gasteiger partial charge >= 0.3 is 0 Å². The van der Waals surface area contributed by atoms with E-state index in [2.05, 4.69) is 10.4 Å². The van der Waals surface area contributed by atoms with Crippen molar-refractivity contribution in [3.63, 3.8) is 0 Å². The van der Waals surface area contributed by atoms with Crippen LogP contribution in [-0.2, 0) is 17.9 Å². The number of nitrogens with one attached hydrogen (secondary N) is 1. The molecular formula is C25H28N4O4. The van der Waals surface area contributed by atoms with E-state index in [0.717, 1.165) is 16.9 Å². The smallest absolute Gasteiger partial charge is 0.273 e. The van der Waals surface area contributed by atoms with Crippen molar-refractivity contribution in [2.24, 2.45) is 0 Å². The number of methoxy groups -OCH3 is 2. The molecule has 2 heterocycles. The predicted molar refractivity (Wildman–Crippen MR) is 124 cm³/mol. The summed E-state index contributed by atoms with van der Waals surface area (Å²) in [5, 5.41) is 7.63. The molecule has 0 radical (unpaired) electrons. The van der Waals surface area contributed by atoms with Gasteiger partial charge in [-0.25, -0.2) is 0 Å². The third-order valence-electron chi connectivity index (χ3n) is 6.12. The maximum Gasteiger partial charge on any atom is 0.273 e. The Balaban J connectivity index is 1.60. The molecule has 33 heavy (non-hydrogen) atoms. The second-order valence-corrected chi connectivity index (χ2v) is 8.12. The number of para-hydroxylation sites is 1. The first kappa shape index (κ1) is 22.4. The van der Waals surface area contributed by atoms with E-state index in [4.69, 9.17) is 9.47 Å². The largest absolute Gasteiger partial charge is 0.497 e. The second kappa shape index (κ2) is 8.97. The Hall–Kier alpha value is -3.81. The second-order valence-electron chi connectivity index (χ2n) is 8.12. The van der Waals surface area contributed by atoms with Crippen molar-refractivity contribution in [1.29, 1.82) is 0 Å². The van der Waals surface area contributed by atoms with Crippen LogP contribution < -0.4 is 14.8 Å². The molecule has 8 nitrogen and oxygen atoms in total. The van der Waals surface area contributed by atoms with E-state index < -0.39 is 5.54 Å². The number of hydrogen-bond donors (Lipinski definition) is 1. The van der Waals surface area contributed by atoms with Crippen LogP contribution >= 0.6 is 0 Å². The minimum Gasteiger partial charge on any atom is -0.497 e. The lowest BCUT2D eigenvalue weighted by Crippen LogP contribution is -2.63. The van der Waals surface area contributed by atoms with E-state index in [0.29, 0.717) is 30.2 Å². The molecule has 2 amide bonds. The van der Waals surface area contributed by atoms with E-state index in [1.54, 1.807) is 36.8 Å². The van der Waals surface area contributed by atoms with Crippen molar-refractivity contribution in [1.82, 2.24) is 20.0 Å². The third kappa shape index (κ3) is 4.04. The molecule has 1 aliphatic heterocycles. The number of aromatic nitrogens is 2. The van der Waals surface area contributed by atoms with Crippen LogP contribution in [-0.4, -0.2) is 52.8 Å². The average Bonchev–Trinajstić information content (AvgIpc) is 3.26. The highest BCUT2D eigenvalue weighted by Crippen LogP contribution is 2.30. The fourth-order valence-corrected chi connectivity index (χ4v) is 4.25. The molecule has 0 aliphatic carbocycles. The van der Waals surface area contributed by atoms with E-state index >= 15 is 0 Å². The number of amides is 2. The molecule has 0 spiro atoms. The maximum atomic E-state index is 13.4.